The van der Waals surface area contributed by atoms with Crippen LogP contribution in [0.3, 0.4) is 0 Å². The quantitative estimate of drug-likeness (QED) is 0.863. The van der Waals surface area contributed by atoms with Crippen LogP contribution in [0.2, 0.25) is 0 Å². The van der Waals surface area contributed by atoms with Gasteiger partial charge in [-0.1, -0.05) is 18.2 Å². The number of benzene rings is 1. The third-order valence-electron chi connectivity index (χ3n) is 2.71. The summed E-state index contributed by atoms with van der Waals surface area (Å²) in [5.74, 6) is 0.814. The summed E-state index contributed by atoms with van der Waals surface area (Å²) >= 11 is -1.10. The predicted octanol–water partition coefficient (Wildman–Crippen LogP) is 3.55. The Morgan fingerprint density at radius 2 is 1.94 bits per heavy atom. The number of furan rings is 1. The molecule has 0 spiro atoms. The molecule has 0 aliphatic carbocycles. The van der Waals surface area contributed by atoms with Crippen molar-refractivity contribution in [1.82, 2.24) is 4.72 Å². The van der Waals surface area contributed by atoms with Crippen LogP contribution < -0.4 is 4.72 Å². The van der Waals surface area contributed by atoms with Crippen molar-refractivity contribution in [1.29, 1.82) is 0 Å². The van der Waals surface area contributed by atoms with E-state index in [0.717, 1.165) is 16.7 Å². The number of para-hydroxylation sites is 1. The van der Waals surface area contributed by atoms with Crippen LogP contribution in [0.4, 0.5) is 0 Å². The smallest absolute Gasteiger partial charge is 0.136 e. The molecule has 0 radical (unpaired) electrons. The van der Waals surface area contributed by atoms with E-state index in [-0.39, 0.29) is 10.8 Å². The maximum absolute atomic E-state index is 12.0. The third-order valence-corrected chi connectivity index (χ3v) is 4.39. The molecule has 98 valence electrons. The molecule has 0 aliphatic rings. The molecule has 2 rings (SSSR count). The Morgan fingerprint density at radius 1 is 1.28 bits per heavy atom. The molecule has 3 nitrogen and oxygen atoms in total. The lowest BCUT2D eigenvalue weighted by atomic mass is 10.2. The topological polar surface area (TPSA) is 48.2 Å². The number of nitrogens with one attached hydrogen (secondary N) is 1. The van der Waals surface area contributed by atoms with E-state index in [0.29, 0.717) is 0 Å². The van der Waals surface area contributed by atoms with Crippen molar-refractivity contribution in [2.24, 2.45) is 0 Å². The first-order valence-corrected chi connectivity index (χ1v) is 7.19. The molecular weight excluding hydrogens is 246 g/mol. The van der Waals surface area contributed by atoms with Crippen LogP contribution in [0.25, 0.3) is 11.0 Å². The first-order chi connectivity index (χ1) is 8.38. The third kappa shape index (κ3) is 2.88. The van der Waals surface area contributed by atoms with E-state index in [4.69, 9.17) is 4.42 Å². The normalized spacial score (nSPS) is 15.8. The lowest BCUT2D eigenvalue weighted by Gasteiger charge is -2.25. The van der Waals surface area contributed by atoms with Gasteiger partial charge >= 0.3 is 0 Å². The largest absolute Gasteiger partial charge is 0.598 e. The molecule has 0 bridgehead atoms. The van der Waals surface area contributed by atoms with Crippen LogP contribution in [-0.4, -0.2) is 9.30 Å². The van der Waals surface area contributed by atoms with Gasteiger partial charge in [0.25, 0.3) is 0 Å². The second-order valence-electron chi connectivity index (χ2n) is 5.41. The highest BCUT2D eigenvalue weighted by Gasteiger charge is 2.29. The Kier molecular flexibility index (Phi) is 3.71. The average Bonchev–Trinajstić information content (AvgIpc) is 2.71. The molecule has 0 aliphatic heterocycles. The molecule has 0 amide bonds. The van der Waals surface area contributed by atoms with Crippen molar-refractivity contribution in [2.45, 2.75) is 38.5 Å². The molecule has 0 saturated carbocycles. The van der Waals surface area contributed by atoms with Crippen LogP contribution >= 0.6 is 0 Å². The molecule has 1 N–H and O–H groups in total. The lowest BCUT2D eigenvalue weighted by molar-refractivity contribution is 0.475. The van der Waals surface area contributed by atoms with Gasteiger partial charge in [0, 0.05) is 16.7 Å². The van der Waals surface area contributed by atoms with Gasteiger partial charge in [0.05, 0.1) is 0 Å². The van der Waals surface area contributed by atoms with Crippen molar-refractivity contribution in [3.63, 3.8) is 0 Å². The van der Waals surface area contributed by atoms with Crippen molar-refractivity contribution < 1.29 is 8.97 Å². The zero-order valence-electron chi connectivity index (χ0n) is 11.2. The van der Waals surface area contributed by atoms with Crippen LogP contribution in [0.5, 0.6) is 0 Å². The summed E-state index contributed by atoms with van der Waals surface area (Å²) in [6, 6.07) is 9.79. The fraction of sp³-hybridized carbons (Fsp3) is 0.429. The molecule has 0 saturated heterocycles. The van der Waals surface area contributed by atoms with Gasteiger partial charge in [-0.15, -0.1) is 4.72 Å². The van der Waals surface area contributed by atoms with Crippen molar-refractivity contribution in [2.75, 3.05) is 0 Å². The molecular formula is C14H19NO2S. The second kappa shape index (κ2) is 4.96. The summed E-state index contributed by atoms with van der Waals surface area (Å²) in [4.78, 5) is 0. The predicted molar refractivity (Wildman–Crippen MR) is 75.7 cm³/mol. The number of hydrogen-bond acceptors (Lipinski definition) is 3. The maximum atomic E-state index is 12.0. The first-order valence-electron chi connectivity index (χ1n) is 6.04. The summed E-state index contributed by atoms with van der Waals surface area (Å²) < 4.78 is 20.6. The summed E-state index contributed by atoms with van der Waals surface area (Å²) in [7, 11) is 0. The van der Waals surface area contributed by atoms with Crippen molar-refractivity contribution >= 4 is 22.3 Å². The summed E-state index contributed by atoms with van der Waals surface area (Å²) in [5, 5.41) is 1.07. The average molecular weight is 265 g/mol. The highest BCUT2D eigenvalue weighted by molar-refractivity contribution is 7.90. The van der Waals surface area contributed by atoms with Gasteiger partial charge in [-0.2, -0.15) is 0 Å². The first kappa shape index (κ1) is 13.5. The molecule has 18 heavy (non-hydrogen) atoms. The Labute approximate surface area is 111 Å². The summed E-state index contributed by atoms with van der Waals surface area (Å²) in [6.45, 7) is 7.80. The van der Waals surface area contributed by atoms with Crippen LogP contribution in [0, 0.1) is 0 Å². The number of fused-ring (bicyclic) bond motifs is 1. The molecule has 0 fully saturated rings. The standard InChI is InChI=1S/C14H19NO2S/c1-10(15-18(16)14(2,3)4)13-9-11-7-5-6-8-12(11)17-13/h5-10,15H,1-4H3/t10-,18?/m0/s1. The van der Waals surface area contributed by atoms with E-state index >= 15 is 0 Å². The lowest BCUT2D eigenvalue weighted by Crippen LogP contribution is -2.40. The molecule has 4 heteroatoms. The zero-order chi connectivity index (χ0) is 13.3. The monoisotopic (exact) mass is 265 g/mol. The molecule has 2 atom stereocenters. The maximum Gasteiger partial charge on any atom is 0.136 e. The van der Waals surface area contributed by atoms with Gasteiger partial charge < -0.3 is 8.97 Å². The Hall–Kier alpha value is -0.970. The Balaban J connectivity index is 2.16. The second-order valence-corrected chi connectivity index (χ2v) is 7.41. The van der Waals surface area contributed by atoms with Gasteiger partial charge in [0.15, 0.2) is 0 Å². The van der Waals surface area contributed by atoms with Gasteiger partial charge in [-0.05, 0) is 39.8 Å². The fourth-order valence-electron chi connectivity index (χ4n) is 1.61. The van der Waals surface area contributed by atoms with Crippen molar-refractivity contribution in [3.8, 4) is 0 Å². The molecule has 2 aromatic rings. The number of rotatable bonds is 3. The summed E-state index contributed by atoms with van der Waals surface area (Å²) in [6.07, 6.45) is 0. The minimum absolute atomic E-state index is 0.0718. The van der Waals surface area contributed by atoms with E-state index < -0.39 is 11.4 Å². The van der Waals surface area contributed by atoms with Crippen molar-refractivity contribution in [3.05, 3.63) is 36.1 Å². The van der Waals surface area contributed by atoms with E-state index in [1.54, 1.807) is 0 Å². The highest BCUT2D eigenvalue weighted by atomic mass is 32.2. The van der Waals surface area contributed by atoms with Gasteiger partial charge in [0.1, 0.15) is 22.1 Å². The summed E-state index contributed by atoms with van der Waals surface area (Å²) in [5.41, 5.74) is 0.864. The molecule has 1 heterocycles. The van der Waals surface area contributed by atoms with Gasteiger partial charge in [0.2, 0.25) is 0 Å². The van der Waals surface area contributed by atoms with Gasteiger partial charge in [-0.3, -0.25) is 0 Å². The Bertz CT molecular complexity index is 497. The SMILES string of the molecule is C[C@H](N[S+]([O-])C(C)(C)C)c1cc2ccccc2o1. The van der Waals surface area contributed by atoms with Crippen LogP contribution in [0.1, 0.15) is 39.5 Å². The molecule has 1 aromatic carbocycles. The van der Waals surface area contributed by atoms with E-state index in [9.17, 15) is 4.55 Å². The number of hydrogen-bond donors (Lipinski definition) is 1. The fourth-order valence-corrected chi connectivity index (χ4v) is 2.40. The minimum atomic E-state index is -1.10. The zero-order valence-corrected chi connectivity index (χ0v) is 12.0. The highest BCUT2D eigenvalue weighted by Crippen LogP contribution is 2.25. The molecule has 1 aromatic heterocycles. The minimum Gasteiger partial charge on any atom is -0.598 e. The Morgan fingerprint density at radius 3 is 2.56 bits per heavy atom. The van der Waals surface area contributed by atoms with Crippen LogP contribution in [0.15, 0.2) is 34.7 Å². The molecule has 1 unspecified atom stereocenters. The van der Waals surface area contributed by atoms with E-state index in [1.165, 1.54) is 0 Å². The van der Waals surface area contributed by atoms with Crippen LogP contribution in [-0.2, 0) is 11.4 Å². The van der Waals surface area contributed by atoms with E-state index in [2.05, 4.69) is 4.72 Å². The van der Waals surface area contributed by atoms with Gasteiger partial charge in [-0.25, -0.2) is 0 Å². The van der Waals surface area contributed by atoms with E-state index in [1.807, 2.05) is 58.0 Å².